The number of esters is 2. The van der Waals surface area contributed by atoms with E-state index in [1.807, 2.05) is 0 Å². The Hall–Kier alpha value is -2.84. The molecule has 2 heterocycles. The van der Waals surface area contributed by atoms with Gasteiger partial charge in [0.2, 0.25) is 0 Å². The lowest BCUT2D eigenvalue weighted by Gasteiger charge is -2.16. The van der Waals surface area contributed by atoms with Gasteiger partial charge in [-0.25, -0.2) is 9.78 Å². The predicted octanol–water partition coefficient (Wildman–Crippen LogP) is 0.0204. The fourth-order valence-corrected chi connectivity index (χ4v) is 2.02. The number of carbonyl (C=O) groups excluding carboxylic acids is 3. The van der Waals surface area contributed by atoms with Crippen molar-refractivity contribution in [2.45, 2.75) is 19.4 Å². The summed E-state index contributed by atoms with van der Waals surface area (Å²) < 4.78 is 14.9. The molecular weight excluding hydrogens is 320 g/mol. The summed E-state index contributed by atoms with van der Waals surface area (Å²) in [4.78, 5) is 39.8. The molecule has 0 spiro atoms. The van der Waals surface area contributed by atoms with Crippen molar-refractivity contribution in [1.82, 2.24) is 10.3 Å². The minimum Gasteiger partial charge on any atom is -0.503 e. The van der Waals surface area contributed by atoms with Gasteiger partial charge in [0.25, 0.3) is 5.91 Å². The lowest BCUT2D eigenvalue weighted by Crippen LogP contribution is -2.43. The number of hydrogen-bond donors (Lipinski definition) is 2. The topological polar surface area (TPSA) is 124 Å². The first-order chi connectivity index (χ1) is 11.4. The first-order valence-corrected chi connectivity index (χ1v) is 7.27. The Kier molecular flexibility index (Phi) is 5.56. The first-order valence-electron chi connectivity index (χ1n) is 7.27. The van der Waals surface area contributed by atoms with Crippen molar-refractivity contribution >= 4 is 17.8 Å². The number of aromatic hydroxyl groups is 1. The highest BCUT2D eigenvalue weighted by molar-refractivity contribution is 5.98. The van der Waals surface area contributed by atoms with Crippen LogP contribution in [-0.4, -0.2) is 54.3 Å². The lowest BCUT2D eigenvalue weighted by molar-refractivity contribution is -0.149. The normalized spacial score (nSPS) is 21.6. The van der Waals surface area contributed by atoms with Crippen molar-refractivity contribution in [3.05, 3.63) is 18.0 Å². The second kappa shape index (κ2) is 7.62. The van der Waals surface area contributed by atoms with Crippen LogP contribution in [0.2, 0.25) is 0 Å². The van der Waals surface area contributed by atoms with Crippen LogP contribution < -0.4 is 10.1 Å². The van der Waals surface area contributed by atoms with Gasteiger partial charge in [-0.05, 0) is 0 Å². The van der Waals surface area contributed by atoms with E-state index in [9.17, 15) is 19.5 Å². The van der Waals surface area contributed by atoms with Crippen molar-refractivity contribution < 1.29 is 33.7 Å². The van der Waals surface area contributed by atoms with Gasteiger partial charge in [-0.1, -0.05) is 6.92 Å². The highest BCUT2D eigenvalue weighted by Gasteiger charge is 2.30. The van der Waals surface area contributed by atoms with Crippen LogP contribution in [-0.2, 0) is 19.1 Å². The van der Waals surface area contributed by atoms with E-state index in [2.05, 4.69) is 10.3 Å². The number of pyridine rings is 1. The molecule has 1 saturated heterocycles. The van der Waals surface area contributed by atoms with Gasteiger partial charge in [0.05, 0.1) is 26.7 Å². The van der Waals surface area contributed by atoms with Crippen LogP contribution in [0.4, 0.5) is 0 Å². The van der Waals surface area contributed by atoms with E-state index in [4.69, 9.17) is 14.2 Å². The van der Waals surface area contributed by atoms with Gasteiger partial charge >= 0.3 is 11.9 Å². The molecule has 2 atom stereocenters. The second-order valence-electron chi connectivity index (χ2n) is 5.36. The van der Waals surface area contributed by atoms with E-state index >= 15 is 0 Å². The summed E-state index contributed by atoms with van der Waals surface area (Å²) in [5.74, 6) is -2.78. The molecular formula is C15H18N2O7. The van der Waals surface area contributed by atoms with Crippen LogP contribution in [0.25, 0.3) is 0 Å². The monoisotopic (exact) mass is 338 g/mol. The van der Waals surface area contributed by atoms with Gasteiger partial charge in [0.15, 0.2) is 17.2 Å². The molecule has 9 heteroatoms. The molecule has 24 heavy (non-hydrogen) atoms. The van der Waals surface area contributed by atoms with Gasteiger partial charge < -0.3 is 24.6 Å². The Bertz CT molecular complexity index is 647. The standard InChI is InChI=1S/C15H18N2O7/c1-8-6-23-11(18)5-9(15(21)24-7-8)17-14(20)12-13(19)10(22-2)3-4-16-12/h3-4,8-9,19H,5-7H2,1-2H3,(H,17,20). The van der Waals surface area contributed by atoms with Crippen molar-refractivity contribution in [1.29, 1.82) is 0 Å². The third-order valence-electron chi connectivity index (χ3n) is 3.32. The number of nitrogens with zero attached hydrogens (tertiary/aromatic N) is 1. The number of rotatable bonds is 3. The highest BCUT2D eigenvalue weighted by Crippen LogP contribution is 2.27. The van der Waals surface area contributed by atoms with Gasteiger partial charge in [0.1, 0.15) is 6.04 Å². The number of carbonyl (C=O) groups is 3. The Morgan fingerprint density at radius 1 is 1.38 bits per heavy atom. The van der Waals surface area contributed by atoms with Crippen molar-refractivity contribution in [3.8, 4) is 11.5 Å². The molecule has 0 radical (unpaired) electrons. The van der Waals surface area contributed by atoms with E-state index in [1.165, 1.54) is 19.4 Å². The maximum atomic E-state index is 12.3. The van der Waals surface area contributed by atoms with Crippen molar-refractivity contribution in [3.63, 3.8) is 0 Å². The summed E-state index contributed by atoms with van der Waals surface area (Å²) in [6.07, 6.45) is 0.896. The molecule has 1 amide bonds. The summed E-state index contributed by atoms with van der Waals surface area (Å²) in [5.41, 5.74) is -0.330. The zero-order valence-electron chi connectivity index (χ0n) is 13.3. The molecule has 1 aromatic rings. The average Bonchev–Trinajstić information content (AvgIpc) is 2.61. The quantitative estimate of drug-likeness (QED) is 0.739. The minimum absolute atomic E-state index is 0.0560. The van der Waals surface area contributed by atoms with E-state index in [0.717, 1.165) is 0 Å². The maximum Gasteiger partial charge on any atom is 0.329 e. The second-order valence-corrected chi connectivity index (χ2v) is 5.36. The smallest absolute Gasteiger partial charge is 0.329 e. The first kappa shape index (κ1) is 17.5. The number of nitrogens with one attached hydrogen (secondary N) is 1. The molecule has 2 rings (SSSR count). The summed E-state index contributed by atoms with van der Waals surface area (Å²) in [6.45, 7) is 1.96. The molecule has 0 bridgehead atoms. The van der Waals surface area contributed by atoms with E-state index < -0.39 is 29.6 Å². The maximum absolute atomic E-state index is 12.3. The minimum atomic E-state index is -1.23. The molecule has 130 valence electrons. The Morgan fingerprint density at radius 2 is 2.08 bits per heavy atom. The van der Waals surface area contributed by atoms with E-state index in [0.29, 0.717) is 0 Å². The van der Waals surface area contributed by atoms with Crippen LogP contribution in [0.15, 0.2) is 12.3 Å². The molecule has 0 aromatic carbocycles. The molecule has 1 fully saturated rings. The van der Waals surface area contributed by atoms with Crippen LogP contribution in [0.3, 0.4) is 0 Å². The molecule has 9 nitrogen and oxygen atoms in total. The molecule has 1 aliphatic rings. The Morgan fingerprint density at radius 3 is 2.79 bits per heavy atom. The zero-order valence-corrected chi connectivity index (χ0v) is 13.3. The zero-order chi connectivity index (χ0) is 17.7. The van der Waals surface area contributed by atoms with Gasteiger partial charge in [-0.3, -0.25) is 9.59 Å². The van der Waals surface area contributed by atoms with Crippen molar-refractivity contribution in [2.75, 3.05) is 20.3 Å². The number of ether oxygens (including phenoxy) is 3. The summed E-state index contributed by atoms with van der Waals surface area (Å²) in [5, 5.41) is 12.3. The predicted molar refractivity (Wildman–Crippen MR) is 79.4 cm³/mol. The number of aromatic nitrogens is 1. The lowest BCUT2D eigenvalue weighted by atomic mass is 10.2. The third kappa shape index (κ3) is 4.12. The van der Waals surface area contributed by atoms with Gasteiger partial charge in [-0.15, -0.1) is 0 Å². The van der Waals surface area contributed by atoms with E-state index in [-0.39, 0.29) is 37.0 Å². The number of hydrogen-bond acceptors (Lipinski definition) is 8. The summed E-state index contributed by atoms with van der Waals surface area (Å²) >= 11 is 0. The fraction of sp³-hybridized carbons (Fsp3) is 0.467. The molecule has 2 unspecified atom stereocenters. The number of amides is 1. The number of cyclic esters (lactones) is 2. The SMILES string of the molecule is COc1ccnc(C(=O)NC2CC(=O)OCC(C)COC2=O)c1O. The van der Waals surface area contributed by atoms with Crippen molar-refractivity contribution in [2.24, 2.45) is 5.92 Å². The number of methoxy groups -OCH3 is 1. The molecule has 0 saturated carbocycles. The molecule has 1 aromatic heterocycles. The highest BCUT2D eigenvalue weighted by atomic mass is 16.6. The molecule has 2 N–H and O–H groups in total. The van der Waals surface area contributed by atoms with Gasteiger partial charge in [0, 0.05) is 18.2 Å². The van der Waals surface area contributed by atoms with Crippen LogP contribution in [0.1, 0.15) is 23.8 Å². The van der Waals surface area contributed by atoms with Crippen LogP contribution in [0, 0.1) is 5.92 Å². The van der Waals surface area contributed by atoms with E-state index in [1.54, 1.807) is 6.92 Å². The largest absolute Gasteiger partial charge is 0.503 e. The van der Waals surface area contributed by atoms with Crippen LogP contribution >= 0.6 is 0 Å². The van der Waals surface area contributed by atoms with Gasteiger partial charge in [-0.2, -0.15) is 0 Å². The Balaban J connectivity index is 2.16. The molecule has 1 aliphatic heterocycles. The third-order valence-corrected chi connectivity index (χ3v) is 3.32. The average molecular weight is 338 g/mol. The summed E-state index contributed by atoms with van der Waals surface area (Å²) in [6, 6.07) is 0.141. The fourth-order valence-electron chi connectivity index (χ4n) is 2.02. The molecule has 0 aliphatic carbocycles. The Labute approximate surface area is 137 Å². The summed E-state index contributed by atoms with van der Waals surface area (Å²) in [7, 11) is 1.32. The van der Waals surface area contributed by atoms with Crippen LogP contribution in [0.5, 0.6) is 11.5 Å².